The monoisotopic (exact) mass is 301 g/mol. The Morgan fingerprint density at radius 1 is 1.27 bits per heavy atom. The lowest BCUT2D eigenvalue weighted by Gasteiger charge is -2.32. The Morgan fingerprint density at radius 2 is 2.05 bits per heavy atom. The Bertz CT molecular complexity index is 682. The number of nitrogens with two attached hydrogens (primary N) is 2. The van der Waals surface area contributed by atoms with Gasteiger partial charge in [-0.1, -0.05) is 12.1 Å². The lowest BCUT2D eigenvalue weighted by atomic mass is 9.78. The molecule has 0 saturated heterocycles. The normalized spacial score (nSPS) is 20.5. The molecule has 3 rings (SSSR count). The standard InChI is InChI=1S/C16H20FN5/c1-9-4-10(2-3-13(9)17)8-20-15-7-14(21-16(19)22-15)11-5-12(18)6-11/h2-4,7,11-12H,5-6,8,18H2,1H3,(H3,19,20,21,22). The van der Waals surface area contributed by atoms with Crippen LogP contribution in [0.25, 0.3) is 0 Å². The largest absolute Gasteiger partial charge is 0.368 e. The van der Waals surface area contributed by atoms with Crippen LogP contribution >= 0.6 is 0 Å². The molecule has 5 N–H and O–H groups in total. The van der Waals surface area contributed by atoms with E-state index in [-0.39, 0.29) is 17.8 Å². The van der Waals surface area contributed by atoms with Gasteiger partial charge in [0.2, 0.25) is 5.95 Å². The van der Waals surface area contributed by atoms with E-state index >= 15 is 0 Å². The third-order valence-corrected chi connectivity index (χ3v) is 4.05. The van der Waals surface area contributed by atoms with Crippen LogP contribution in [0, 0.1) is 12.7 Å². The van der Waals surface area contributed by atoms with E-state index in [0.717, 1.165) is 24.1 Å². The highest BCUT2D eigenvalue weighted by Gasteiger charge is 2.29. The third kappa shape index (κ3) is 3.17. The molecule has 0 amide bonds. The summed E-state index contributed by atoms with van der Waals surface area (Å²) in [5.74, 6) is 1.12. The number of aromatic nitrogens is 2. The number of halogens is 1. The minimum atomic E-state index is -0.196. The molecule has 0 bridgehead atoms. The van der Waals surface area contributed by atoms with Gasteiger partial charge in [-0.05, 0) is 37.0 Å². The molecule has 0 spiro atoms. The van der Waals surface area contributed by atoms with E-state index in [1.54, 1.807) is 13.0 Å². The Hall–Kier alpha value is -2.21. The topological polar surface area (TPSA) is 89.8 Å². The van der Waals surface area contributed by atoms with Crippen molar-refractivity contribution in [2.75, 3.05) is 11.1 Å². The van der Waals surface area contributed by atoms with Crippen LogP contribution in [0.2, 0.25) is 0 Å². The molecule has 5 nitrogen and oxygen atoms in total. The maximum absolute atomic E-state index is 13.3. The first kappa shape index (κ1) is 14.7. The third-order valence-electron chi connectivity index (χ3n) is 4.05. The molecule has 1 aliphatic rings. The van der Waals surface area contributed by atoms with E-state index in [0.29, 0.717) is 23.8 Å². The van der Waals surface area contributed by atoms with Gasteiger partial charge in [0.25, 0.3) is 0 Å². The van der Waals surface area contributed by atoms with Gasteiger partial charge in [-0.3, -0.25) is 0 Å². The SMILES string of the molecule is Cc1cc(CNc2cc(C3CC(N)C3)nc(N)n2)ccc1F. The van der Waals surface area contributed by atoms with E-state index in [1.165, 1.54) is 6.07 Å². The summed E-state index contributed by atoms with van der Waals surface area (Å²) in [6.07, 6.45) is 1.88. The molecular weight excluding hydrogens is 281 g/mol. The van der Waals surface area contributed by atoms with Crippen LogP contribution in [0.15, 0.2) is 24.3 Å². The predicted octanol–water partition coefficient (Wildman–Crippen LogP) is 2.32. The number of nitrogens with one attached hydrogen (secondary N) is 1. The number of hydrogen-bond donors (Lipinski definition) is 3. The minimum Gasteiger partial charge on any atom is -0.368 e. The first-order valence-electron chi connectivity index (χ1n) is 7.40. The number of nitrogens with zero attached hydrogens (tertiary/aromatic N) is 2. The molecule has 22 heavy (non-hydrogen) atoms. The lowest BCUT2D eigenvalue weighted by Crippen LogP contribution is -2.35. The van der Waals surface area contributed by atoms with E-state index in [4.69, 9.17) is 11.5 Å². The molecular formula is C16H20FN5. The summed E-state index contributed by atoms with van der Waals surface area (Å²) in [5, 5.41) is 3.22. The van der Waals surface area contributed by atoms with E-state index in [1.807, 2.05) is 12.1 Å². The molecule has 0 radical (unpaired) electrons. The summed E-state index contributed by atoms with van der Waals surface area (Å²) >= 11 is 0. The van der Waals surface area contributed by atoms with Crippen molar-refractivity contribution in [1.29, 1.82) is 0 Å². The van der Waals surface area contributed by atoms with Crippen LogP contribution in [-0.2, 0) is 6.54 Å². The molecule has 1 heterocycles. The predicted molar refractivity (Wildman–Crippen MR) is 84.9 cm³/mol. The minimum absolute atomic E-state index is 0.196. The Kier molecular flexibility index (Phi) is 3.94. The zero-order valence-corrected chi connectivity index (χ0v) is 12.5. The first-order chi connectivity index (χ1) is 10.5. The van der Waals surface area contributed by atoms with Crippen molar-refractivity contribution in [2.24, 2.45) is 5.73 Å². The van der Waals surface area contributed by atoms with Gasteiger partial charge in [-0.25, -0.2) is 9.37 Å². The fraction of sp³-hybridized carbons (Fsp3) is 0.375. The van der Waals surface area contributed by atoms with Crippen molar-refractivity contribution in [3.63, 3.8) is 0 Å². The summed E-state index contributed by atoms with van der Waals surface area (Å²) < 4.78 is 13.3. The maximum atomic E-state index is 13.3. The Labute approximate surface area is 129 Å². The van der Waals surface area contributed by atoms with E-state index in [2.05, 4.69) is 15.3 Å². The number of hydrogen-bond acceptors (Lipinski definition) is 5. The van der Waals surface area contributed by atoms with Gasteiger partial charge in [-0.15, -0.1) is 0 Å². The molecule has 1 saturated carbocycles. The Morgan fingerprint density at radius 3 is 2.73 bits per heavy atom. The quantitative estimate of drug-likeness (QED) is 0.806. The van der Waals surface area contributed by atoms with Crippen LogP contribution in [-0.4, -0.2) is 16.0 Å². The number of rotatable bonds is 4. The van der Waals surface area contributed by atoms with Crippen molar-refractivity contribution in [2.45, 2.75) is 38.3 Å². The van der Waals surface area contributed by atoms with Gasteiger partial charge in [0, 0.05) is 24.6 Å². The van der Waals surface area contributed by atoms with Crippen molar-refractivity contribution in [3.05, 3.63) is 46.9 Å². The second-order valence-electron chi connectivity index (χ2n) is 5.90. The number of anilines is 2. The number of nitrogen functional groups attached to an aromatic ring is 1. The summed E-state index contributed by atoms with van der Waals surface area (Å²) in [6, 6.07) is 7.23. The molecule has 0 atom stereocenters. The number of benzene rings is 1. The van der Waals surface area contributed by atoms with Gasteiger partial charge in [-0.2, -0.15) is 4.98 Å². The Balaban J connectivity index is 1.70. The molecule has 1 aromatic carbocycles. The van der Waals surface area contributed by atoms with Gasteiger partial charge in [0.05, 0.1) is 5.69 Å². The van der Waals surface area contributed by atoms with Gasteiger partial charge in [0.15, 0.2) is 0 Å². The van der Waals surface area contributed by atoms with Crippen molar-refractivity contribution in [1.82, 2.24) is 9.97 Å². The van der Waals surface area contributed by atoms with Gasteiger partial charge in [0.1, 0.15) is 11.6 Å². The summed E-state index contributed by atoms with van der Waals surface area (Å²) in [4.78, 5) is 8.49. The molecule has 0 aliphatic heterocycles. The van der Waals surface area contributed by atoms with Crippen molar-refractivity contribution in [3.8, 4) is 0 Å². The highest BCUT2D eigenvalue weighted by atomic mass is 19.1. The van der Waals surface area contributed by atoms with Crippen LogP contribution in [0.4, 0.5) is 16.2 Å². The average Bonchev–Trinajstić information content (AvgIpc) is 2.44. The highest BCUT2D eigenvalue weighted by molar-refractivity contribution is 5.43. The van der Waals surface area contributed by atoms with Gasteiger partial charge < -0.3 is 16.8 Å². The van der Waals surface area contributed by atoms with Crippen molar-refractivity contribution >= 4 is 11.8 Å². The highest BCUT2D eigenvalue weighted by Crippen LogP contribution is 2.35. The zero-order chi connectivity index (χ0) is 15.7. The summed E-state index contributed by atoms with van der Waals surface area (Å²) in [7, 11) is 0. The average molecular weight is 301 g/mol. The lowest BCUT2D eigenvalue weighted by molar-refractivity contribution is 0.345. The zero-order valence-electron chi connectivity index (χ0n) is 12.5. The molecule has 1 fully saturated rings. The second-order valence-corrected chi connectivity index (χ2v) is 5.90. The number of aryl methyl sites for hydroxylation is 1. The smallest absolute Gasteiger partial charge is 0.222 e. The van der Waals surface area contributed by atoms with Crippen LogP contribution in [0.1, 0.15) is 35.6 Å². The van der Waals surface area contributed by atoms with Crippen LogP contribution in [0.3, 0.4) is 0 Å². The molecule has 6 heteroatoms. The maximum Gasteiger partial charge on any atom is 0.222 e. The van der Waals surface area contributed by atoms with E-state index in [9.17, 15) is 4.39 Å². The molecule has 2 aromatic rings. The fourth-order valence-electron chi connectivity index (χ4n) is 2.70. The molecule has 1 aromatic heterocycles. The molecule has 1 aliphatic carbocycles. The van der Waals surface area contributed by atoms with Crippen molar-refractivity contribution < 1.29 is 4.39 Å². The summed E-state index contributed by atoms with van der Waals surface area (Å²) in [5.41, 5.74) is 14.2. The molecule has 116 valence electrons. The van der Waals surface area contributed by atoms with Crippen LogP contribution < -0.4 is 16.8 Å². The second kappa shape index (κ2) is 5.88. The first-order valence-corrected chi connectivity index (χ1v) is 7.40. The van der Waals surface area contributed by atoms with Crippen LogP contribution in [0.5, 0.6) is 0 Å². The van der Waals surface area contributed by atoms with Gasteiger partial charge >= 0.3 is 0 Å². The molecule has 0 unspecified atom stereocenters. The fourth-order valence-corrected chi connectivity index (χ4v) is 2.70. The van der Waals surface area contributed by atoms with E-state index < -0.39 is 0 Å². The summed E-state index contributed by atoms with van der Waals surface area (Å²) in [6.45, 7) is 2.31.